The van der Waals surface area contributed by atoms with E-state index >= 15 is 0 Å². The van der Waals surface area contributed by atoms with Gasteiger partial charge in [0.05, 0.1) is 10.6 Å². The maximum atomic E-state index is 14.1. The number of ether oxygens (including phenoxy) is 1. The third-order valence-corrected chi connectivity index (χ3v) is 17.6. The lowest BCUT2D eigenvalue weighted by Crippen LogP contribution is -2.52. The van der Waals surface area contributed by atoms with Gasteiger partial charge in [0.15, 0.2) is 11.0 Å². The summed E-state index contributed by atoms with van der Waals surface area (Å²) in [6.07, 6.45) is 3.19. The number of allylic oxidation sites excluding steroid dienone is 1. The van der Waals surface area contributed by atoms with E-state index in [0.29, 0.717) is 36.8 Å². The van der Waals surface area contributed by atoms with E-state index in [4.69, 9.17) is 16.3 Å². The predicted octanol–water partition coefficient (Wildman–Crippen LogP) is 9.93. The zero-order valence-electron chi connectivity index (χ0n) is 43.1. The van der Waals surface area contributed by atoms with Gasteiger partial charge in [0, 0.05) is 98.4 Å². The van der Waals surface area contributed by atoms with Crippen molar-refractivity contribution in [2.24, 2.45) is 5.41 Å². The van der Waals surface area contributed by atoms with E-state index in [2.05, 4.69) is 43.8 Å². The SMILES string of the molecule is CN(C)CCC(CSc1ccccc1)Nc1ccc(S(=O)NC(=O)c2ccc(N3CCN(CC4=C(c5ccc(Cl)cc5)CCC(C)(CN5CCN(C(=O)OC(C)(C)C)CC5)C4)CC3)cc2)cc1S(=O)(=O)C(F)(F)F. The van der Waals surface area contributed by atoms with E-state index in [1.165, 1.54) is 40.6 Å². The number of nitrogens with one attached hydrogen (secondary N) is 2. The van der Waals surface area contributed by atoms with Gasteiger partial charge in [-0.05, 0) is 150 Å². The van der Waals surface area contributed by atoms with Gasteiger partial charge in [-0.15, -0.1) is 11.8 Å². The zero-order valence-corrected chi connectivity index (χ0v) is 46.3. The number of sulfone groups is 1. The van der Waals surface area contributed by atoms with Gasteiger partial charge >= 0.3 is 11.6 Å². The summed E-state index contributed by atoms with van der Waals surface area (Å²) in [5.74, 6) is -0.314. The van der Waals surface area contributed by atoms with Gasteiger partial charge in [-0.2, -0.15) is 13.2 Å². The van der Waals surface area contributed by atoms with Crippen molar-refractivity contribution in [1.29, 1.82) is 0 Å². The molecule has 402 valence electrons. The molecule has 2 fully saturated rings. The quantitative estimate of drug-likeness (QED) is 0.0919. The number of hydrogen-bond donors (Lipinski definition) is 2. The summed E-state index contributed by atoms with van der Waals surface area (Å²) in [5, 5.41) is 3.73. The number of amides is 2. The molecule has 2 aliphatic heterocycles. The number of benzene rings is 4. The molecule has 3 aliphatic rings. The molecule has 0 aromatic heterocycles. The summed E-state index contributed by atoms with van der Waals surface area (Å²) >= 11 is 7.80. The summed E-state index contributed by atoms with van der Waals surface area (Å²) in [6.45, 7) is 16.4. The first-order chi connectivity index (χ1) is 34.9. The number of hydrogen-bond acceptors (Lipinski definition) is 12. The van der Waals surface area contributed by atoms with Gasteiger partial charge in [-0.1, -0.05) is 54.4 Å². The fraction of sp³-hybridized carbons (Fsp3) is 0.481. The average Bonchev–Trinajstić information content (AvgIpc) is 3.35. The number of halogens is 4. The van der Waals surface area contributed by atoms with E-state index in [0.717, 1.165) is 88.3 Å². The number of alkyl halides is 3. The van der Waals surface area contributed by atoms with Crippen LogP contribution in [0.2, 0.25) is 5.02 Å². The second-order valence-electron chi connectivity index (χ2n) is 21.0. The number of thioether (sulfide) groups is 1. The van der Waals surface area contributed by atoms with Gasteiger partial charge in [0.25, 0.3) is 15.7 Å². The normalized spacial score (nSPS) is 19.3. The Balaban J connectivity index is 0.969. The van der Waals surface area contributed by atoms with Crippen LogP contribution in [0.15, 0.2) is 117 Å². The minimum Gasteiger partial charge on any atom is -0.444 e. The fourth-order valence-corrected chi connectivity index (χ4v) is 12.6. The number of piperazine rings is 2. The van der Waals surface area contributed by atoms with Gasteiger partial charge in [0.1, 0.15) is 10.5 Å². The lowest BCUT2D eigenvalue weighted by molar-refractivity contribution is -0.0436. The van der Waals surface area contributed by atoms with Gasteiger partial charge in [-0.25, -0.2) is 17.4 Å². The number of carbonyl (C=O) groups is 2. The summed E-state index contributed by atoms with van der Waals surface area (Å²) in [7, 11) is -4.58. The first kappa shape index (κ1) is 57.1. The Labute approximate surface area is 446 Å². The first-order valence-corrected chi connectivity index (χ1v) is 29.0. The van der Waals surface area contributed by atoms with Crippen LogP contribution in [0.1, 0.15) is 69.3 Å². The van der Waals surface area contributed by atoms with E-state index in [1.807, 2.05) is 99.3 Å². The van der Waals surface area contributed by atoms with Crippen LogP contribution in [0.4, 0.5) is 29.3 Å². The van der Waals surface area contributed by atoms with E-state index < -0.39 is 48.8 Å². The van der Waals surface area contributed by atoms with Crippen LogP contribution >= 0.6 is 23.4 Å². The van der Waals surface area contributed by atoms with Crippen LogP contribution in [0.3, 0.4) is 0 Å². The van der Waals surface area contributed by atoms with Crippen molar-refractivity contribution < 1.29 is 40.1 Å². The molecule has 2 N–H and O–H groups in total. The third-order valence-electron chi connectivity index (χ3n) is 13.6. The molecular formula is C54H69ClF3N7O6S3. The molecule has 1 aliphatic carbocycles. The second kappa shape index (κ2) is 24.6. The lowest BCUT2D eigenvalue weighted by atomic mass is 9.71. The van der Waals surface area contributed by atoms with Crippen LogP contribution < -0.4 is 14.9 Å². The van der Waals surface area contributed by atoms with Crippen LogP contribution in [0, 0.1) is 5.41 Å². The molecule has 0 bridgehead atoms. The number of carbonyl (C=O) groups excluding carboxylic acids is 2. The predicted molar refractivity (Wildman–Crippen MR) is 291 cm³/mol. The molecule has 13 nitrogen and oxygen atoms in total. The molecule has 7 rings (SSSR count). The van der Waals surface area contributed by atoms with Gasteiger partial charge in [-0.3, -0.25) is 19.3 Å². The largest absolute Gasteiger partial charge is 0.501 e. The smallest absolute Gasteiger partial charge is 0.444 e. The number of rotatable bonds is 18. The Morgan fingerprint density at radius 3 is 2.15 bits per heavy atom. The highest BCUT2D eigenvalue weighted by Gasteiger charge is 2.48. The van der Waals surface area contributed by atoms with E-state index in [1.54, 1.807) is 12.1 Å². The highest BCUT2D eigenvalue weighted by atomic mass is 35.5. The standard InChI is InChI=1S/C54H69ClF3N7O6S3/c1-52(2,3)71-51(67)65-32-28-63(29-33-65)38-53(4)24-22-47(39-12-16-42(55)17-13-39)41(35-53)36-62-26-30-64(31-27-62)44-18-14-40(15-19-44)50(66)60-73(68)46-20-21-48(49(34-46)74(69,70)54(56,57)58)59-43(23-25-61(5)6)37-72-45-10-8-7-9-11-45/h7-21,34,43,59H,22-33,35-38H2,1-6H3,(H,60,66). The van der Waals surface area contributed by atoms with Crippen molar-refractivity contribution >= 4 is 73.1 Å². The Bertz CT molecular complexity index is 2730. The Kier molecular flexibility index (Phi) is 19.0. The van der Waals surface area contributed by atoms with Crippen LogP contribution in [0.25, 0.3) is 5.57 Å². The van der Waals surface area contributed by atoms with Gasteiger partial charge in [0.2, 0.25) is 0 Å². The molecule has 20 heteroatoms. The highest BCUT2D eigenvalue weighted by molar-refractivity contribution is 7.99. The minimum absolute atomic E-state index is 0.0540. The molecule has 0 saturated carbocycles. The highest BCUT2D eigenvalue weighted by Crippen LogP contribution is 2.44. The number of anilines is 2. The van der Waals surface area contributed by atoms with Gasteiger partial charge < -0.3 is 24.8 Å². The Morgan fingerprint density at radius 1 is 0.878 bits per heavy atom. The lowest BCUT2D eigenvalue weighted by Gasteiger charge is -2.44. The molecule has 3 atom stereocenters. The average molecular weight is 1100 g/mol. The molecule has 4 aromatic carbocycles. The molecule has 0 spiro atoms. The monoisotopic (exact) mass is 1100 g/mol. The van der Waals surface area contributed by atoms with Crippen LogP contribution in [-0.4, -0.2) is 153 Å². The van der Waals surface area contributed by atoms with Crippen molar-refractivity contribution in [3.05, 3.63) is 119 Å². The van der Waals surface area contributed by atoms with Crippen molar-refractivity contribution in [2.75, 3.05) is 102 Å². The molecule has 74 heavy (non-hydrogen) atoms. The van der Waals surface area contributed by atoms with Crippen LogP contribution in [-0.2, 0) is 25.6 Å². The fourth-order valence-electron chi connectivity index (χ4n) is 9.64. The van der Waals surface area contributed by atoms with E-state index in [9.17, 15) is 35.4 Å². The van der Waals surface area contributed by atoms with E-state index in [-0.39, 0.29) is 27.7 Å². The minimum atomic E-state index is -5.90. The summed E-state index contributed by atoms with van der Waals surface area (Å²) in [6, 6.07) is 27.1. The molecular weight excluding hydrogens is 1030 g/mol. The molecule has 2 saturated heterocycles. The number of nitrogens with zero attached hydrogens (tertiary/aromatic N) is 5. The molecule has 2 amide bonds. The van der Waals surface area contributed by atoms with Crippen molar-refractivity contribution in [3.63, 3.8) is 0 Å². The topological polar surface area (TPSA) is 135 Å². The molecule has 4 aromatic rings. The summed E-state index contributed by atoms with van der Waals surface area (Å²) in [4.78, 5) is 36.7. The van der Waals surface area contributed by atoms with Crippen molar-refractivity contribution in [1.82, 2.24) is 24.3 Å². The Morgan fingerprint density at radius 2 is 1.53 bits per heavy atom. The molecule has 3 unspecified atom stereocenters. The van der Waals surface area contributed by atoms with Crippen molar-refractivity contribution in [2.45, 2.75) is 85.2 Å². The Hall–Kier alpha value is -4.63. The third kappa shape index (κ3) is 15.5. The summed E-state index contributed by atoms with van der Waals surface area (Å²) < 4.78 is 90.0. The second-order valence-corrected chi connectivity index (χ2v) is 25.6. The maximum Gasteiger partial charge on any atom is 0.501 e. The first-order valence-electron chi connectivity index (χ1n) is 25.0. The zero-order chi connectivity index (χ0) is 53.4. The summed E-state index contributed by atoms with van der Waals surface area (Å²) in [5.41, 5.74) is -1.32. The molecule has 2 heterocycles. The van der Waals surface area contributed by atoms with Crippen molar-refractivity contribution in [3.8, 4) is 0 Å². The maximum absolute atomic E-state index is 14.1. The van der Waals surface area contributed by atoms with Crippen LogP contribution in [0.5, 0.6) is 0 Å². The molecule has 0 radical (unpaired) electrons.